The number of hydrogen-bond acceptors (Lipinski definition) is 3. The third-order valence-electron chi connectivity index (χ3n) is 2.91. The van der Waals surface area contributed by atoms with Crippen LogP contribution in [0.3, 0.4) is 0 Å². The maximum Gasteiger partial charge on any atom is 0.191 e. The Balaban J connectivity index is 1.79. The molecule has 0 bridgehead atoms. The molecule has 1 aromatic carbocycles. The van der Waals surface area contributed by atoms with Crippen LogP contribution in [0.4, 0.5) is 0 Å². The van der Waals surface area contributed by atoms with Gasteiger partial charge in [0.1, 0.15) is 5.82 Å². The number of imidazole rings is 1. The monoisotopic (exact) mass is 291 g/mol. The van der Waals surface area contributed by atoms with Crippen LogP contribution in [0.5, 0.6) is 0 Å². The van der Waals surface area contributed by atoms with Gasteiger partial charge in [-0.3, -0.25) is 4.99 Å². The van der Waals surface area contributed by atoms with Crippen LogP contribution < -0.4 is 10.6 Å². The lowest BCUT2D eigenvalue weighted by Crippen LogP contribution is -2.39. The summed E-state index contributed by atoms with van der Waals surface area (Å²) in [4.78, 5) is 12.1. The van der Waals surface area contributed by atoms with E-state index in [-0.39, 0.29) is 0 Å². The highest BCUT2D eigenvalue weighted by molar-refractivity contribution is 7.98. The van der Waals surface area contributed by atoms with Gasteiger partial charge < -0.3 is 15.6 Å². The quantitative estimate of drug-likeness (QED) is 0.430. The number of H-pyrrole nitrogens is 1. The summed E-state index contributed by atoms with van der Waals surface area (Å²) in [7, 11) is 1.79. The molecule has 0 aliphatic heterocycles. The minimum Gasteiger partial charge on any atom is -0.356 e. The van der Waals surface area contributed by atoms with Gasteiger partial charge >= 0.3 is 0 Å². The molecular formula is C14H21N5S. The second-order valence-corrected chi connectivity index (χ2v) is 5.35. The average molecular weight is 291 g/mol. The minimum absolute atomic E-state index is 0.804. The van der Waals surface area contributed by atoms with Crippen molar-refractivity contribution in [2.45, 2.75) is 6.42 Å². The molecule has 108 valence electrons. The average Bonchev–Trinajstić information content (AvgIpc) is 2.88. The van der Waals surface area contributed by atoms with E-state index in [1.807, 2.05) is 36.0 Å². The molecule has 3 N–H and O–H groups in total. The Hall–Kier alpha value is -1.69. The molecule has 5 nitrogen and oxygen atoms in total. The Labute approximate surface area is 123 Å². The van der Waals surface area contributed by atoms with Crippen LogP contribution in [0, 0.1) is 0 Å². The van der Waals surface area contributed by atoms with Crippen LogP contribution in [-0.4, -0.2) is 48.1 Å². The molecular weight excluding hydrogens is 270 g/mol. The van der Waals surface area contributed by atoms with Gasteiger partial charge in [-0.1, -0.05) is 12.1 Å². The number of aromatic nitrogens is 2. The van der Waals surface area contributed by atoms with E-state index in [4.69, 9.17) is 0 Å². The molecule has 0 saturated carbocycles. The Kier molecular flexibility index (Phi) is 5.73. The van der Waals surface area contributed by atoms with E-state index in [2.05, 4.69) is 31.8 Å². The van der Waals surface area contributed by atoms with Crippen LogP contribution >= 0.6 is 11.8 Å². The second kappa shape index (κ2) is 7.79. The van der Waals surface area contributed by atoms with Gasteiger partial charge in [-0.25, -0.2) is 4.98 Å². The lowest BCUT2D eigenvalue weighted by molar-refractivity contribution is 0.789. The highest BCUT2D eigenvalue weighted by Gasteiger charge is 2.02. The summed E-state index contributed by atoms with van der Waals surface area (Å²) >= 11 is 1.82. The maximum absolute atomic E-state index is 4.55. The molecule has 6 heteroatoms. The molecule has 0 fully saturated rings. The number of aliphatic imine (C=N–C) groups is 1. The second-order valence-electron chi connectivity index (χ2n) is 4.37. The maximum atomic E-state index is 4.55. The van der Waals surface area contributed by atoms with Gasteiger partial charge in [0.25, 0.3) is 0 Å². The van der Waals surface area contributed by atoms with Crippen LogP contribution in [0.1, 0.15) is 5.82 Å². The van der Waals surface area contributed by atoms with Crippen molar-refractivity contribution >= 4 is 28.8 Å². The SMILES string of the molecule is CN=C(NCCSC)NCCc1nc2ccccc2[nH]1. The summed E-state index contributed by atoms with van der Waals surface area (Å²) in [5, 5.41) is 6.56. The van der Waals surface area contributed by atoms with E-state index < -0.39 is 0 Å². The smallest absolute Gasteiger partial charge is 0.191 e. The van der Waals surface area contributed by atoms with Crippen LogP contribution in [0.25, 0.3) is 11.0 Å². The number of fused-ring (bicyclic) bond motifs is 1. The highest BCUT2D eigenvalue weighted by atomic mass is 32.2. The molecule has 2 rings (SSSR count). The molecule has 0 spiro atoms. The molecule has 0 saturated heterocycles. The topological polar surface area (TPSA) is 65.1 Å². The number of guanidine groups is 1. The van der Waals surface area contributed by atoms with E-state index in [0.717, 1.165) is 48.1 Å². The fraction of sp³-hybridized carbons (Fsp3) is 0.429. The third-order valence-corrected chi connectivity index (χ3v) is 3.53. The number of nitrogens with zero attached hydrogens (tertiary/aromatic N) is 2. The summed E-state index contributed by atoms with van der Waals surface area (Å²) in [5.41, 5.74) is 2.11. The largest absolute Gasteiger partial charge is 0.356 e. The predicted octanol–water partition coefficient (Wildman–Crippen LogP) is 1.63. The van der Waals surface area contributed by atoms with Crippen molar-refractivity contribution in [1.29, 1.82) is 0 Å². The van der Waals surface area contributed by atoms with Gasteiger partial charge in [-0.05, 0) is 18.4 Å². The number of thioether (sulfide) groups is 1. The fourth-order valence-corrected chi connectivity index (χ4v) is 2.22. The van der Waals surface area contributed by atoms with Gasteiger partial charge in [0.15, 0.2) is 5.96 Å². The zero-order valence-electron chi connectivity index (χ0n) is 11.9. The summed E-state index contributed by atoms with van der Waals surface area (Å²) in [6.45, 7) is 1.73. The van der Waals surface area contributed by atoms with Crippen molar-refractivity contribution < 1.29 is 0 Å². The van der Waals surface area contributed by atoms with Crippen molar-refractivity contribution in [3.63, 3.8) is 0 Å². The molecule has 0 radical (unpaired) electrons. The first kappa shape index (κ1) is 14.7. The molecule has 0 aliphatic rings. The molecule has 0 atom stereocenters. The van der Waals surface area contributed by atoms with Gasteiger partial charge in [0.05, 0.1) is 11.0 Å². The molecule has 0 unspecified atom stereocenters. The standard InChI is InChI=1S/C14H21N5S/c1-15-14(17-9-10-20-2)16-8-7-13-18-11-5-3-4-6-12(11)19-13/h3-6H,7-10H2,1-2H3,(H,18,19)(H2,15,16,17). The lowest BCUT2D eigenvalue weighted by Gasteiger charge is -2.10. The Morgan fingerprint density at radius 1 is 1.30 bits per heavy atom. The van der Waals surface area contributed by atoms with Crippen LogP contribution in [0.15, 0.2) is 29.3 Å². The van der Waals surface area contributed by atoms with E-state index in [0.29, 0.717) is 0 Å². The van der Waals surface area contributed by atoms with Gasteiger partial charge in [0, 0.05) is 32.3 Å². The number of rotatable bonds is 6. The molecule has 1 heterocycles. The summed E-state index contributed by atoms with van der Waals surface area (Å²) in [6.07, 6.45) is 2.94. The molecule has 20 heavy (non-hydrogen) atoms. The first-order chi connectivity index (χ1) is 9.83. The van der Waals surface area contributed by atoms with Crippen LogP contribution in [-0.2, 0) is 6.42 Å². The number of para-hydroxylation sites is 2. The lowest BCUT2D eigenvalue weighted by atomic mass is 10.3. The number of aromatic amines is 1. The Bertz CT molecular complexity index is 530. The van der Waals surface area contributed by atoms with Crippen LogP contribution in [0.2, 0.25) is 0 Å². The Morgan fingerprint density at radius 2 is 2.10 bits per heavy atom. The van der Waals surface area contributed by atoms with Crippen molar-refractivity contribution in [1.82, 2.24) is 20.6 Å². The number of hydrogen-bond donors (Lipinski definition) is 3. The summed E-state index contributed by atoms with van der Waals surface area (Å²) in [5.74, 6) is 2.91. The number of benzene rings is 1. The van der Waals surface area contributed by atoms with E-state index in [1.165, 1.54) is 0 Å². The van der Waals surface area contributed by atoms with Crippen molar-refractivity contribution in [2.75, 3.05) is 32.1 Å². The zero-order chi connectivity index (χ0) is 14.2. The molecule has 2 aromatic rings. The van der Waals surface area contributed by atoms with E-state index in [9.17, 15) is 0 Å². The van der Waals surface area contributed by atoms with Gasteiger partial charge in [-0.2, -0.15) is 11.8 Å². The zero-order valence-corrected chi connectivity index (χ0v) is 12.8. The fourth-order valence-electron chi connectivity index (χ4n) is 1.92. The molecule has 0 aliphatic carbocycles. The first-order valence-electron chi connectivity index (χ1n) is 6.70. The third kappa shape index (κ3) is 4.16. The number of nitrogens with one attached hydrogen (secondary N) is 3. The predicted molar refractivity (Wildman–Crippen MR) is 87.5 cm³/mol. The summed E-state index contributed by atoms with van der Waals surface area (Å²) < 4.78 is 0. The van der Waals surface area contributed by atoms with E-state index in [1.54, 1.807) is 7.05 Å². The highest BCUT2D eigenvalue weighted by Crippen LogP contribution is 2.10. The first-order valence-corrected chi connectivity index (χ1v) is 8.10. The van der Waals surface area contributed by atoms with Crippen molar-refractivity contribution in [2.24, 2.45) is 4.99 Å². The molecule has 0 amide bonds. The summed E-state index contributed by atoms with van der Waals surface area (Å²) in [6, 6.07) is 8.08. The van der Waals surface area contributed by atoms with Crippen molar-refractivity contribution in [3.05, 3.63) is 30.1 Å². The molecule has 1 aromatic heterocycles. The van der Waals surface area contributed by atoms with Gasteiger partial charge in [0.2, 0.25) is 0 Å². The Morgan fingerprint density at radius 3 is 2.85 bits per heavy atom. The normalized spacial score (nSPS) is 11.8. The minimum atomic E-state index is 0.804. The van der Waals surface area contributed by atoms with E-state index >= 15 is 0 Å². The van der Waals surface area contributed by atoms with Crippen molar-refractivity contribution in [3.8, 4) is 0 Å². The van der Waals surface area contributed by atoms with Gasteiger partial charge in [-0.15, -0.1) is 0 Å².